The summed E-state index contributed by atoms with van der Waals surface area (Å²) in [7, 11) is 3.81. The molecule has 0 radical (unpaired) electrons. The van der Waals surface area contributed by atoms with Crippen LogP contribution in [0, 0.1) is 0 Å². The van der Waals surface area contributed by atoms with Gasteiger partial charge in [0, 0.05) is 26.2 Å². The molecule has 1 saturated heterocycles. The Labute approximate surface area is 188 Å². The summed E-state index contributed by atoms with van der Waals surface area (Å²) in [6.07, 6.45) is 0. The van der Waals surface area contributed by atoms with Gasteiger partial charge >= 0.3 is 0 Å². The first-order chi connectivity index (χ1) is 15.4. The lowest BCUT2D eigenvalue weighted by Gasteiger charge is -2.32. The molecule has 4 N–H and O–H groups in total. The number of hydrogen-bond donors (Lipinski definition) is 3. The number of para-hydroxylation sites is 1. The van der Waals surface area contributed by atoms with Crippen LogP contribution in [-0.2, 0) is 4.79 Å². The minimum absolute atomic E-state index is 0.161. The second kappa shape index (κ2) is 11.3. The summed E-state index contributed by atoms with van der Waals surface area (Å²) in [5.74, 6) is 1.52. The average Bonchev–Trinajstić information content (AvgIpc) is 2.76. The number of hydrogen-bond acceptors (Lipinski definition) is 9. The van der Waals surface area contributed by atoms with Gasteiger partial charge in [-0.15, -0.1) is 10.2 Å². The van der Waals surface area contributed by atoms with Crippen molar-refractivity contribution in [3.63, 3.8) is 0 Å². The van der Waals surface area contributed by atoms with Crippen LogP contribution < -0.4 is 21.1 Å². The number of rotatable bonds is 9. The number of amides is 1. The van der Waals surface area contributed by atoms with Gasteiger partial charge in [-0.3, -0.25) is 9.69 Å². The van der Waals surface area contributed by atoms with Crippen molar-refractivity contribution in [2.24, 2.45) is 10.2 Å². The number of nitrogen functional groups attached to an aromatic ring is 1. The number of carbonyl (C=O) groups is 1. The monoisotopic (exact) mass is 438 g/mol. The number of nitrogens with two attached hydrogens (primary N) is 1. The third-order valence-corrected chi connectivity index (χ3v) is 4.89. The van der Waals surface area contributed by atoms with Crippen LogP contribution in [0.15, 0.2) is 59.0 Å². The highest BCUT2D eigenvalue weighted by molar-refractivity contribution is 5.91. The lowest BCUT2D eigenvalue weighted by atomic mass is 10.3. The number of anilines is 2. The molecule has 1 fully saturated rings. The van der Waals surface area contributed by atoms with E-state index in [2.05, 4.69) is 49.3 Å². The molecule has 0 atom stereocenters. The number of nitrogens with zero attached hydrogens (tertiary/aromatic N) is 5. The molecule has 0 saturated carbocycles. The minimum Gasteiger partial charge on any atom is -0.459 e. The highest BCUT2D eigenvalue weighted by Crippen LogP contribution is 2.31. The van der Waals surface area contributed by atoms with E-state index in [1.165, 1.54) is 0 Å². The fourth-order valence-electron chi connectivity index (χ4n) is 3.15. The third-order valence-electron chi connectivity index (χ3n) is 4.89. The van der Waals surface area contributed by atoms with Crippen molar-refractivity contribution < 1.29 is 9.53 Å². The Morgan fingerprint density at radius 1 is 1.16 bits per heavy atom. The van der Waals surface area contributed by atoms with Crippen LogP contribution in [0.5, 0.6) is 5.75 Å². The van der Waals surface area contributed by atoms with Crippen molar-refractivity contribution in [1.29, 1.82) is 0 Å². The van der Waals surface area contributed by atoms with Crippen LogP contribution in [0.2, 0.25) is 0 Å². The van der Waals surface area contributed by atoms with Crippen molar-refractivity contribution in [1.82, 2.24) is 20.1 Å². The van der Waals surface area contributed by atoms with Crippen LogP contribution >= 0.6 is 0 Å². The van der Waals surface area contributed by atoms with Crippen LogP contribution in [0.1, 0.15) is 0 Å². The molecule has 32 heavy (non-hydrogen) atoms. The summed E-state index contributed by atoms with van der Waals surface area (Å²) in [5.41, 5.74) is 6.93. The van der Waals surface area contributed by atoms with Crippen LogP contribution in [0.25, 0.3) is 0 Å². The number of piperazine rings is 1. The molecule has 2 heterocycles. The molecule has 0 spiro atoms. The van der Waals surface area contributed by atoms with E-state index in [1.807, 2.05) is 18.2 Å². The van der Waals surface area contributed by atoms with Crippen molar-refractivity contribution in [3.8, 4) is 5.75 Å². The first kappa shape index (κ1) is 23.3. The Hall–Kier alpha value is -3.34. The van der Waals surface area contributed by atoms with Gasteiger partial charge in [-0.2, -0.15) is 0 Å². The predicted molar refractivity (Wildman–Crippen MR) is 126 cm³/mol. The Kier molecular flexibility index (Phi) is 8.26. The number of pyridine rings is 1. The summed E-state index contributed by atoms with van der Waals surface area (Å²) < 4.78 is 5.98. The topological polar surface area (TPSA) is 120 Å². The van der Waals surface area contributed by atoms with Gasteiger partial charge < -0.3 is 26.0 Å². The zero-order valence-electron chi connectivity index (χ0n) is 18.5. The summed E-state index contributed by atoms with van der Waals surface area (Å²) in [5, 5.41) is 13.9. The fourth-order valence-corrected chi connectivity index (χ4v) is 3.15. The number of aromatic nitrogens is 1. The maximum Gasteiger partial charge on any atom is 0.239 e. The predicted octanol–water partition coefficient (Wildman–Crippen LogP) is 2.38. The van der Waals surface area contributed by atoms with E-state index in [1.54, 1.807) is 25.2 Å². The van der Waals surface area contributed by atoms with Gasteiger partial charge in [-0.25, -0.2) is 4.98 Å². The number of likely N-dealkylation sites (N-methyl/N-ethyl adjacent to an activating group) is 2. The second-order valence-corrected chi connectivity index (χ2v) is 7.57. The second-order valence-electron chi connectivity index (χ2n) is 7.57. The van der Waals surface area contributed by atoms with E-state index in [0.29, 0.717) is 35.2 Å². The molecule has 1 aliphatic heterocycles. The molecule has 1 aromatic heterocycles. The zero-order valence-corrected chi connectivity index (χ0v) is 18.5. The molecule has 0 aliphatic carbocycles. The lowest BCUT2D eigenvalue weighted by Crippen LogP contribution is -2.45. The Bertz CT molecular complexity index is 970. The van der Waals surface area contributed by atoms with Crippen LogP contribution in [-0.4, -0.2) is 74.1 Å². The molecular formula is C22H30N8O2. The maximum absolute atomic E-state index is 11.7. The quantitative estimate of drug-likeness (QED) is 0.406. The van der Waals surface area contributed by atoms with Crippen LogP contribution in [0.3, 0.4) is 0 Å². The Morgan fingerprint density at radius 2 is 1.88 bits per heavy atom. The number of ether oxygens (including phenoxy) is 1. The van der Waals surface area contributed by atoms with E-state index in [4.69, 9.17) is 10.5 Å². The summed E-state index contributed by atoms with van der Waals surface area (Å²) >= 11 is 0. The smallest absolute Gasteiger partial charge is 0.239 e. The average molecular weight is 439 g/mol. The third kappa shape index (κ3) is 6.84. The van der Waals surface area contributed by atoms with E-state index >= 15 is 0 Å². The number of azo groups is 1. The van der Waals surface area contributed by atoms with E-state index in [-0.39, 0.29) is 18.3 Å². The highest BCUT2D eigenvalue weighted by atomic mass is 16.5. The molecule has 1 amide bonds. The molecule has 0 unspecified atom stereocenters. The van der Waals surface area contributed by atoms with Crippen molar-refractivity contribution in [2.75, 3.05) is 64.4 Å². The van der Waals surface area contributed by atoms with Crippen LogP contribution in [0.4, 0.5) is 23.0 Å². The number of benzene rings is 1. The first-order valence-electron chi connectivity index (χ1n) is 10.4. The van der Waals surface area contributed by atoms with Gasteiger partial charge in [-0.1, -0.05) is 18.7 Å². The van der Waals surface area contributed by atoms with Gasteiger partial charge in [0.05, 0.1) is 13.1 Å². The van der Waals surface area contributed by atoms with Crippen molar-refractivity contribution in [2.45, 2.75) is 0 Å². The van der Waals surface area contributed by atoms with E-state index in [0.717, 1.165) is 26.2 Å². The van der Waals surface area contributed by atoms with E-state index in [9.17, 15) is 4.79 Å². The van der Waals surface area contributed by atoms with Gasteiger partial charge in [0.2, 0.25) is 5.91 Å². The van der Waals surface area contributed by atoms with E-state index < -0.39 is 0 Å². The van der Waals surface area contributed by atoms with Gasteiger partial charge in [0.15, 0.2) is 11.6 Å². The molecule has 170 valence electrons. The Balaban J connectivity index is 1.64. The number of nitrogens with one attached hydrogen (secondary N) is 2. The first-order valence-corrected chi connectivity index (χ1v) is 10.4. The molecule has 10 nitrogen and oxygen atoms in total. The number of carbonyl (C=O) groups excluding carboxylic acids is 1. The van der Waals surface area contributed by atoms with Gasteiger partial charge in [-0.05, 0) is 38.4 Å². The zero-order chi connectivity index (χ0) is 22.9. The fraction of sp³-hybridized carbons (Fsp3) is 0.364. The van der Waals surface area contributed by atoms with Gasteiger partial charge in [0.25, 0.3) is 0 Å². The molecule has 1 aromatic carbocycles. The molecule has 3 rings (SSSR count). The summed E-state index contributed by atoms with van der Waals surface area (Å²) in [6.45, 7) is 8.94. The minimum atomic E-state index is -0.211. The summed E-state index contributed by atoms with van der Waals surface area (Å²) in [6, 6.07) is 10.6. The SMILES string of the molecule is C=C(CN1CCN(C)CC1)Oc1ccccc1/N=N/c1ccc(NC(=O)CNC)nc1N. The largest absolute Gasteiger partial charge is 0.459 e. The molecule has 0 bridgehead atoms. The normalized spacial score (nSPS) is 15.1. The molecule has 1 aliphatic rings. The van der Waals surface area contributed by atoms with Crippen molar-refractivity contribution >= 4 is 28.9 Å². The lowest BCUT2D eigenvalue weighted by molar-refractivity contribution is -0.115. The maximum atomic E-state index is 11.7. The van der Waals surface area contributed by atoms with Gasteiger partial charge in [0.1, 0.15) is 23.0 Å². The standard InChI is InChI=1S/C22H30N8O2/c1-16(15-30-12-10-29(3)11-13-30)32-19-7-5-4-6-17(19)27-28-18-8-9-20(26-22(18)23)25-21(31)14-24-2/h4-9,24H,1,10-15H2,2-3H3,(H3,23,25,26,31)/b28-27+. The molecular weight excluding hydrogens is 408 g/mol. The molecule has 2 aromatic rings. The summed E-state index contributed by atoms with van der Waals surface area (Å²) in [4.78, 5) is 20.4. The Morgan fingerprint density at radius 3 is 2.59 bits per heavy atom. The highest BCUT2D eigenvalue weighted by Gasteiger charge is 2.15. The molecule has 10 heteroatoms. The van der Waals surface area contributed by atoms with Crippen molar-refractivity contribution in [3.05, 3.63) is 48.7 Å².